The fraction of sp³-hybridized carbons (Fsp3) is 0.385. The number of amides is 1. The number of aryl methyl sites for hydroxylation is 2. The zero-order chi connectivity index (χ0) is 16.1. The van der Waals surface area contributed by atoms with E-state index in [0.717, 1.165) is 5.69 Å². The third-order valence-electron chi connectivity index (χ3n) is 2.93. The van der Waals surface area contributed by atoms with E-state index in [0.29, 0.717) is 30.1 Å². The van der Waals surface area contributed by atoms with Crippen LogP contribution in [0, 0.1) is 6.92 Å². The highest BCUT2D eigenvalue weighted by atomic mass is 35.5. The first-order valence-electron chi connectivity index (χ1n) is 6.67. The van der Waals surface area contributed by atoms with Gasteiger partial charge in [0.1, 0.15) is 6.54 Å². The van der Waals surface area contributed by atoms with Crippen molar-refractivity contribution in [1.29, 1.82) is 0 Å². The number of carbonyl (C=O) groups excluding carboxylic acids is 1. The van der Waals surface area contributed by atoms with Crippen LogP contribution in [0.4, 0.5) is 0 Å². The highest BCUT2D eigenvalue weighted by molar-refractivity contribution is 6.31. The van der Waals surface area contributed by atoms with Crippen LogP contribution in [0.25, 0.3) is 0 Å². The number of hydrogen-bond donors (Lipinski definition) is 2. The van der Waals surface area contributed by atoms with E-state index in [1.807, 2.05) is 6.92 Å². The number of carboxylic acid groups (broad SMARTS) is 1. The molecule has 0 aliphatic carbocycles. The summed E-state index contributed by atoms with van der Waals surface area (Å²) in [5.74, 6) is -1.30. The molecule has 22 heavy (non-hydrogen) atoms. The molecule has 0 unspecified atom stereocenters. The first-order chi connectivity index (χ1) is 10.5. The van der Waals surface area contributed by atoms with E-state index in [9.17, 15) is 9.59 Å². The van der Waals surface area contributed by atoms with E-state index in [4.69, 9.17) is 16.7 Å². The molecule has 2 aromatic heterocycles. The smallest absolute Gasteiger partial charge is 0.325 e. The highest BCUT2D eigenvalue weighted by Gasteiger charge is 2.09. The van der Waals surface area contributed by atoms with Crippen LogP contribution in [0.2, 0.25) is 5.02 Å². The van der Waals surface area contributed by atoms with Gasteiger partial charge in [0.25, 0.3) is 5.91 Å². The van der Waals surface area contributed by atoms with Crippen LogP contribution in [0.5, 0.6) is 0 Å². The molecule has 0 saturated carbocycles. The quantitative estimate of drug-likeness (QED) is 0.738. The Morgan fingerprint density at radius 3 is 2.77 bits per heavy atom. The monoisotopic (exact) mass is 325 g/mol. The van der Waals surface area contributed by atoms with Crippen LogP contribution in [0.3, 0.4) is 0 Å². The van der Waals surface area contributed by atoms with E-state index in [1.54, 1.807) is 10.9 Å². The van der Waals surface area contributed by atoms with Gasteiger partial charge in [-0.1, -0.05) is 11.6 Å². The van der Waals surface area contributed by atoms with Crippen molar-refractivity contribution < 1.29 is 14.7 Å². The molecule has 0 spiro atoms. The van der Waals surface area contributed by atoms with Gasteiger partial charge >= 0.3 is 5.97 Å². The first kappa shape index (κ1) is 16.0. The van der Waals surface area contributed by atoms with Crippen molar-refractivity contribution in [3.8, 4) is 0 Å². The van der Waals surface area contributed by atoms with Gasteiger partial charge in [0.15, 0.2) is 0 Å². The SMILES string of the molecule is Cc1nn(CCCNC(=O)c2cnn(CC(=O)O)c2)cc1Cl. The summed E-state index contributed by atoms with van der Waals surface area (Å²) < 4.78 is 2.93. The van der Waals surface area contributed by atoms with Gasteiger partial charge in [0, 0.05) is 25.5 Å². The molecule has 9 heteroatoms. The summed E-state index contributed by atoms with van der Waals surface area (Å²) in [6.07, 6.45) is 5.19. The van der Waals surface area contributed by atoms with Gasteiger partial charge in [-0.25, -0.2) is 0 Å². The van der Waals surface area contributed by atoms with Gasteiger partial charge in [-0.3, -0.25) is 19.0 Å². The van der Waals surface area contributed by atoms with Crippen molar-refractivity contribution in [2.45, 2.75) is 26.4 Å². The predicted molar refractivity (Wildman–Crippen MR) is 78.8 cm³/mol. The van der Waals surface area contributed by atoms with Gasteiger partial charge < -0.3 is 10.4 Å². The average Bonchev–Trinajstić information content (AvgIpc) is 3.02. The second kappa shape index (κ2) is 7.08. The van der Waals surface area contributed by atoms with Crippen LogP contribution >= 0.6 is 11.6 Å². The Bertz CT molecular complexity index is 660. The lowest BCUT2D eigenvalue weighted by Gasteiger charge is -2.04. The number of halogens is 1. The van der Waals surface area contributed by atoms with E-state index in [2.05, 4.69) is 15.5 Å². The van der Waals surface area contributed by atoms with Crippen LogP contribution < -0.4 is 5.32 Å². The van der Waals surface area contributed by atoms with Gasteiger partial charge in [-0.15, -0.1) is 0 Å². The lowest BCUT2D eigenvalue weighted by atomic mass is 10.3. The van der Waals surface area contributed by atoms with Crippen molar-refractivity contribution in [3.63, 3.8) is 0 Å². The maximum atomic E-state index is 11.9. The Balaban J connectivity index is 1.75. The van der Waals surface area contributed by atoms with Crippen molar-refractivity contribution in [3.05, 3.63) is 34.9 Å². The molecule has 0 aliphatic rings. The molecule has 0 aromatic carbocycles. The molecule has 0 bridgehead atoms. The standard InChI is InChI=1S/C13H16ClN5O3/c1-9-11(14)7-18(17-9)4-2-3-15-13(22)10-5-16-19(6-10)8-12(20)21/h5-7H,2-4,8H2,1H3,(H,15,22)(H,20,21). The highest BCUT2D eigenvalue weighted by Crippen LogP contribution is 2.11. The lowest BCUT2D eigenvalue weighted by Crippen LogP contribution is -2.25. The summed E-state index contributed by atoms with van der Waals surface area (Å²) in [4.78, 5) is 22.4. The number of hydrogen-bond acceptors (Lipinski definition) is 4. The number of nitrogens with zero attached hydrogens (tertiary/aromatic N) is 4. The fourth-order valence-electron chi connectivity index (χ4n) is 1.86. The molecule has 2 rings (SSSR count). The molecule has 1 amide bonds. The average molecular weight is 326 g/mol. The van der Waals surface area contributed by atoms with E-state index in [1.165, 1.54) is 17.1 Å². The molecule has 2 aromatic rings. The van der Waals surface area contributed by atoms with Crippen LogP contribution in [-0.4, -0.2) is 43.1 Å². The number of rotatable bonds is 7. The van der Waals surface area contributed by atoms with Crippen LogP contribution in [-0.2, 0) is 17.9 Å². The second-order valence-corrected chi connectivity index (χ2v) is 5.16. The molecule has 118 valence electrons. The molecule has 8 nitrogen and oxygen atoms in total. The third kappa shape index (κ3) is 4.32. The molecule has 0 radical (unpaired) electrons. The summed E-state index contributed by atoms with van der Waals surface area (Å²) >= 11 is 5.91. The Labute approximate surface area is 131 Å². The van der Waals surface area contributed by atoms with Crippen molar-refractivity contribution >= 4 is 23.5 Å². The van der Waals surface area contributed by atoms with Crippen molar-refractivity contribution in [1.82, 2.24) is 24.9 Å². The normalized spacial score (nSPS) is 10.6. The Kier molecular flexibility index (Phi) is 5.16. The van der Waals surface area contributed by atoms with Gasteiger partial charge in [0.2, 0.25) is 0 Å². The molecule has 2 N–H and O–H groups in total. The maximum Gasteiger partial charge on any atom is 0.325 e. The minimum atomic E-state index is -1.01. The summed E-state index contributed by atoms with van der Waals surface area (Å²) in [5, 5.41) is 20.0. The molecule has 0 atom stereocenters. The molecular formula is C13H16ClN5O3. The minimum absolute atomic E-state index is 0.271. The Morgan fingerprint density at radius 1 is 1.36 bits per heavy atom. The predicted octanol–water partition coefficient (Wildman–Crippen LogP) is 0.946. The fourth-order valence-corrected chi connectivity index (χ4v) is 2.01. The zero-order valence-corrected chi connectivity index (χ0v) is 12.7. The summed E-state index contributed by atoms with van der Waals surface area (Å²) in [6.45, 7) is 2.67. The van der Waals surface area contributed by atoms with E-state index >= 15 is 0 Å². The van der Waals surface area contributed by atoms with Gasteiger partial charge in [-0.2, -0.15) is 10.2 Å². The summed E-state index contributed by atoms with van der Waals surface area (Å²) in [5.41, 5.74) is 1.11. The van der Waals surface area contributed by atoms with E-state index < -0.39 is 5.97 Å². The Hall–Kier alpha value is -2.35. The molecule has 0 fully saturated rings. The molecule has 2 heterocycles. The number of aliphatic carboxylic acids is 1. The largest absolute Gasteiger partial charge is 0.480 e. The van der Waals surface area contributed by atoms with Crippen molar-refractivity contribution in [2.75, 3.05) is 6.54 Å². The minimum Gasteiger partial charge on any atom is -0.480 e. The molecule has 0 aliphatic heterocycles. The lowest BCUT2D eigenvalue weighted by molar-refractivity contribution is -0.137. The van der Waals surface area contributed by atoms with Crippen molar-refractivity contribution in [2.24, 2.45) is 0 Å². The first-order valence-corrected chi connectivity index (χ1v) is 7.05. The number of carboxylic acids is 1. The summed E-state index contributed by atoms with van der Waals surface area (Å²) in [7, 11) is 0. The second-order valence-electron chi connectivity index (χ2n) is 4.76. The number of aromatic nitrogens is 4. The maximum absolute atomic E-state index is 11.9. The molecule has 0 saturated heterocycles. The van der Waals surface area contributed by atoms with E-state index in [-0.39, 0.29) is 12.5 Å². The van der Waals surface area contributed by atoms with Crippen LogP contribution in [0.15, 0.2) is 18.6 Å². The Morgan fingerprint density at radius 2 is 2.14 bits per heavy atom. The summed E-state index contributed by atoms with van der Waals surface area (Å²) in [6, 6.07) is 0. The van der Waals surface area contributed by atoms with Crippen LogP contribution in [0.1, 0.15) is 22.5 Å². The zero-order valence-electron chi connectivity index (χ0n) is 12.0. The van der Waals surface area contributed by atoms with Gasteiger partial charge in [-0.05, 0) is 13.3 Å². The number of carbonyl (C=O) groups is 2. The molecular weight excluding hydrogens is 310 g/mol. The number of nitrogens with one attached hydrogen (secondary N) is 1. The van der Waals surface area contributed by atoms with Gasteiger partial charge in [0.05, 0.1) is 22.5 Å². The third-order valence-corrected chi connectivity index (χ3v) is 3.30. The topological polar surface area (TPSA) is 102 Å².